The molecule has 0 radical (unpaired) electrons. The van der Waals surface area contributed by atoms with Crippen LogP contribution in [-0.2, 0) is 42.6 Å². The van der Waals surface area contributed by atoms with Gasteiger partial charge in [-0.3, -0.25) is 14.8 Å². The number of methoxy groups -OCH3 is 4. The molecule has 1 amide bonds. The minimum absolute atomic E-state index is 0.0514. The van der Waals surface area contributed by atoms with Crippen molar-refractivity contribution in [2.45, 2.75) is 38.0 Å². The first-order chi connectivity index (χ1) is 35.3. The van der Waals surface area contributed by atoms with Gasteiger partial charge in [-0.25, -0.2) is 22.4 Å². The maximum atomic E-state index is 13.0. The third kappa shape index (κ3) is 12.2. The summed E-state index contributed by atoms with van der Waals surface area (Å²) in [6, 6.07) is 19.1. The van der Waals surface area contributed by atoms with Crippen LogP contribution in [0.2, 0.25) is 0 Å². The fourth-order valence-corrected chi connectivity index (χ4v) is 9.05. The van der Waals surface area contributed by atoms with Crippen LogP contribution in [0.1, 0.15) is 43.2 Å². The molecule has 2 aliphatic heterocycles. The predicted octanol–water partition coefficient (Wildman–Crippen LogP) is 4.85. The number of nitrogens with two attached hydrogens (primary N) is 1. The Labute approximate surface area is 424 Å². The van der Waals surface area contributed by atoms with Gasteiger partial charge in [0, 0.05) is 37.6 Å². The lowest BCUT2D eigenvalue weighted by Crippen LogP contribution is -2.51. The number of aromatic carboxylic acids is 1. The SMILES string of the molecule is COC1=NN(c2ccc(CN)cc2)CCN1S(=O)(=O)C(F)(F)F.COC1=NN(c2ccc(CNC(=O)c3c(C)nn4ccc(OC)cc34)cc2)CCN1S(=O)(=O)C(F)(F)F.COc1ccn2nc(C)c(C(=O)O)c2c1. The van der Waals surface area contributed by atoms with E-state index in [1.165, 1.54) is 28.8 Å². The number of aromatic nitrogens is 4. The van der Waals surface area contributed by atoms with E-state index in [1.54, 1.807) is 104 Å². The summed E-state index contributed by atoms with van der Waals surface area (Å²) >= 11 is 0. The van der Waals surface area contributed by atoms with E-state index in [1.807, 2.05) is 0 Å². The van der Waals surface area contributed by atoms with E-state index in [4.69, 9.17) is 29.8 Å². The molecule has 0 aliphatic carbocycles. The number of ether oxygens (including phenoxy) is 4. The summed E-state index contributed by atoms with van der Waals surface area (Å²) in [5, 5.41) is 30.7. The van der Waals surface area contributed by atoms with Crippen LogP contribution in [0.4, 0.5) is 37.7 Å². The molecule has 2 aromatic carbocycles. The molecule has 404 valence electrons. The van der Waals surface area contributed by atoms with Crippen molar-refractivity contribution in [2.24, 2.45) is 15.9 Å². The molecule has 0 bridgehead atoms. The minimum Gasteiger partial charge on any atom is -0.497 e. The van der Waals surface area contributed by atoms with Crippen LogP contribution in [0.25, 0.3) is 11.0 Å². The number of hydrazone groups is 2. The normalized spacial score (nSPS) is 14.3. The molecule has 6 heterocycles. The van der Waals surface area contributed by atoms with Crippen molar-refractivity contribution >= 4 is 66.4 Å². The Hall–Kier alpha value is -8.06. The highest BCUT2D eigenvalue weighted by Crippen LogP contribution is 2.31. The number of hydrogen-bond acceptors (Lipinski definition) is 17. The maximum Gasteiger partial charge on any atom is 0.516 e. The number of nitrogens with one attached hydrogen (secondary N) is 1. The van der Waals surface area contributed by atoms with E-state index in [0.29, 0.717) is 57.4 Å². The van der Waals surface area contributed by atoms with Crippen molar-refractivity contribution in [1.29, 1.82) is 0 Å². The molecule has 0 spiro atoms. The van der Waals surface area contributed by atoms with Crippen molar-refractivity contribution in [2.75, 3.05) is 64.6 Å². The number of hydrogen-bond donors (Lipinski definition) is 3. The number of amides is 1. The maximum absolute atomic E-state index is 13.0. The molecule has 0 atom stereocenters. The second-order valence-electron chi connectivity index (χ2n) is 15.7. The number of amidine groups is 2. The summed E-state index contributed by atoms with van der Waals surface area (Å²) in [7, 11) is -6.01. The summed E-state index contributed by atoms with van der Waals surface area (Å²) in [4.78, 5) is 23.9. The van der Waals surface area contributed by atoms with E-state index < -0.39 is 62.2 Å². The zero-order valence-corrected chi connectivity index (χ0v) is 42.1. The van der Waals surface area contributed by atoms with Gasteiger partial charge in [0.25, 0.3) is 5.91 Å². The number of nitrogens with zero attached hydrogens (tertiary/aromatic N) is 10. The predicted molar refractivity (Wildman–Crippen MR) is 259 cm³/mol. The van der Waals surface area contributed by atoms with Crippen molar-refractivity contribution in [1.82, 2.24) is 33.2 Å². The molecule has 0 saturated carbocycles. The summed E-state index contributed by atoms with van der Waals surface area (Å²) in [5.74, 6) is -0.0880. The topological polar surface area (TPSA) is 270 Å². The lowest BCUT2D eigenvalue weighted by molar-refractivity contribution is -0.0482. The fraction of sp³-hybridized carbons (Fsp3) is 0.318. The van der Waals surface area contributed by atoms with Gasteiger partial charge in [-0.15, -0.1) is 10.2 Å². The second kappa shape index (κ2) is 22.6. The number of carbonyl (C=O) groups is 2. The van der Waals surface area contributed by atoms with Gasteiger partial charge >= 0.3 is 49.1 Å². The molecule has 4 N–H and O–H groups in total. The van der Waals surface area contributed by atoms with Gasteiger partial charge in [0.1, 0.15) is 17.1 Å². The molecule has 6 aromatic rings. The number of carboxylic acids is 1. The van der Waals surface area contributed by atoms with Gasteiger partial charge in [0.05, 0.1) is 94.0 Å². The average molecular weight is 1100 g/mol. The first-order valence-electron chi connectivity index (χ1n) is 21.7. The standard InChI is InChI=1S/C22H23F3N6O5S.C12H15F3N4O3S.C10H10N2O3/c1-14-19(18-12-17(35-2)8-9-30(18)27-14)20(32)26-13-15-4-6-16(7-5-15)29-10-11-31(21(28-29)36-3)37(33,34)22(23,24)25;1-22-11-17-18(10-4-2-9(8-16)3-5-10)6-7-19(11)23(20,21)12(13,14)15;1-6-9(10(13)14)8-5-7(15-2)3-4-12(8)11-6/h4-9,12H,10-11,13H2,1-3H3,(H,26,32);2-5H,6-8,16H2,1H3;3-5H,1-2H3,(H,13,14). The Bertz CT molecular complexity index is 3340. The summed E-state index contributed by atoms with van der Waals surface area (Å²) in [6.45, 7) is 2.83. The second-order valence-corrected chi connectivity index (χ2v) is 19.4. The van der Waals surface area contributed by atoms with Crippen LogP contribution in [0, 0.1) is 13.8 Å². The zero-order valence-electron chi connectivity index (χ0n) is 40.5. The molecule has 23 nitrogen and oxygen atoms in total. The van der Waals surface area contributed by atoms with Gasteiger partial charge in [0.2, 0.25) is 0 Å². The molecule has 0 unspecified atom stereocenters. The van der Waals surface area contributed by atoms with Crippen LogP contribution >= 0.6 is 0 Å². The summed E-state index contributed by atoms with van der Waals surface area (Å²) < 4.78 is 147. The van der Waals surface area contributed by atoms with E-state index in [-0.39, 0.29) is 39.7 Å². The number of aryl methyl sites for hydroxylation is 2. The van der Waals surface area contributed by atoms with E-state index in [9.17, 15) is 52.8 Å². The smallest absolute Gasteiger partial charge is 0.497 e. The van der Waals surface area contributed by atoms with Crippen molar-refractivity contribution in [3.63, 3.8) is 0 Å². The largest absolute Gasteiger partial charge is 0.516 e. The zero-order chi connectivity index (χ0) is 55.2. The number of fused-ring (bicyclic) bond motifs is 2. The van der Waals surface area contributed by atoms with Crippen LogP contribution < -0.4 is 30.5 Å². The van der Waals surface area contributed by atoms with Gasteiger partial charge < -0.3 is 35.1 Å². The lowest BCUT2D eigenvalue weighted by atomic mass is 10.1. The van der Waals surface area contributed by atoms with Crippen LogP contribution in [0.15, 0.2) is 95.4 Å². The van der Waals surface area contributed by atoms with Gasteiger partial charge in [-0.1, -0.05) is 24.3 Å². The molecule has 8 rings (SSSR count). The molecule has 31 heteroatoms. The van der Waals surface area contributed by atoms with Crippen molar-refractivity contribution < 1.29 is 76.8 Å². The third-order valence-electron chi connectivity index (χ3n) is 11.0. The Kier molecular flexibility index (Phi) is 16.9. The number of sulfonamides is 2. The third-order valence-corrected chi connectivity index (χ3v) is 14.0. The number of rotatable bonds is 11. The van der Waals surface area contributed by atoms with Crippen LogP contribution in [-0.4, -0.2) is 139 Å². The quantitative estimate of drug-likeness (QED) is 0.146. The number of pyridine rings is 2. The monoisotopic (exact) mass is 1100 g/mol. The number of halogens is 6. The van der Waals surface area contributed by atoms with Crippen LogP contribution in [0.3, 0.4) is 0 Å². The lowest BCUT2D eigenvalue weighted by Gasteiger charge is -2.32. The minimum atomic E-state index is -5.63. The fourth-order valence-electron chi connectivity index (χ4n) is 7.27. The van der Waals surface area contributed by atoms with Gasteiger partial charge in [-0.05, 0) is 61.4 Å². The summed E-state index contributed by atoms with van der Waals surface area (Å²) in [6.07, 6.45) is 3.38. The molecular formula is C44H48F6N12O11S2. The molecule has 75 heavy (non-hydrogen) atoms. The number of carbonyl (C=O) groups excluding carboxylic acids is 1. The van der Waals surface area contributed by atoms with E-state index >= 15 is 0 Å². The van der Waals surface area contributed by atoms with Crippen LogP contribution in [0.5, 0.6) is 11.5 Å². The Morgan fingerprint density at radius 2 is 1.03 bits per heavy atom. The van der Waals surface area contributed by atoms with Gasteiger partial charge in [-0.2, -0.15) is 53.4 Å². The van der Waals surface area contributed by atoms with E-state index in [2.05, 4.69) is 25.7 Å². The van der Waals surface area contributed by atoms with Crippen molar-refractivity contribution in [3.05, 3.63) is 119 Å². The summed E-state index contributed by atoms with van der Waals surface area (Å²) in [5.41, 5.74) is 0.129. The first-order valence-corrected chi connectivity index (χ1v) is 24.6. The molecule has 2 aliphatic rings. The number of alkyl halides is 6. The first kappa shape index (κ1) is 56.2. The molecule has 0 fully saturated rings. The molecule has 4 aromatic heterocycles. The number of carboxylic acid groups (broad SMARTS) is 1. The Balaban J connectivity index is 0.000000204. The van der Waals surface area contributed by atoms with Crippen molar-refractivity contribution in [3.8, 4) is 11.5 Å². The van der Waals surface area contributed by atoms with E-state index in [0.717, 1.165) is 25.3 Å². The molecular weight excluding hydrogens is 1050 g/mol. The highest BCUT2D eigenvalue weighted by molar-refractivity contribution is 7.90. The molecule has 0 saturated heterocycles. The average Bonchev–Trinajstić information content (AvgIpc) is 3.91. The Morgan fingerprint density at radius 1 is 0.627 bits per heavy atom. The van der Waals surface area contributed by atoms with Gasteiger partial charge in [0.15, 0.2) is 0 Å². The Morgan fingerprint density at radius 3 is 1.40 bits per heavy atom. The number of anilines is 2. The highest BCUT2D eigenvalue weighted by atomic mass is 32.2. The highest BCUT2D eigenvalue weighted by Gasteiger charge is 2.53. The number of benzene rings is 2.